The van der Waals surface area contributed by atoms with E-state index in [4.69, 9.17) is 0 Å². The Morgan fingerprint density at radius 1 is 1.17 bits per heavy atom. The molecule has 1 heterocycles. The zero-order valence-corrected chi connectivity index (χ0v) is 12.0. The Hall–Kier alpha value is -2.84. The average Bonchev–Trinajstić information content (AvgIpc) is 2.90. The van der Waals surface area contributed by atoms with Crippen LogP contribution in [0.1, 0.15) is 17.4 Å². The number of aryl methyl sites for hydroxylation is 1. The number of benzene rings is 1. The lowest BCUT2D eigenvalue weighted by Crippen LogP contribution is -2.30. The fraction of sp³-hybridized carbons (Fsp3) is 0.214. The van der Waals surface area contributed by atoms with Crippen molar-refractivity contribution < 1.29 is 22.8 Å². The van der Waals surface area contributed by atoms with Crippen LogP contribution in [0, 0.1) is 0 Å². The standard InChI is InChI=1S/C14H13F3N4O2/c1-2-21-8-10(19-13(23)14(15,16)17)11(20-21)12(22)18-9-6-4-3-5-7-9/h3-8H,2H2,1H3,(H,18,22)(H,19,23). The molecular formula is C14H13F3N4O2. The Morgan fingerprint density at radius 2 is 1.83 bits per heavy atom. The number of amides is 2. The molecule has 0 aliphatic rings. The molecule has 1 aromatic heterocycles. The number of carbonyl (C=O) groups is 2. The summed E-state index contributed by atoms with van der Waals surface area (Å²) >= 11 is 0. The van der Waals surface area contributed by atoms with Crippen LogP contribution in [0.15, 0.2) is 36.5 Å². The summed E-state index contributed by atoms with van der Waals surface area (Å²) in [4.78, 5) is 23.2. The van der Waals surface area contributed by atoms with Crippen molar-refractivity contribution in [3.8, 4) is 0 Å². The molecule has 0 saturated carbocycles. The maximum absolute atomic E-state index is 12.4. The number of nitrogens with zero attached hydrogens (tertiary/aromatic N) is 2. The van der Waals surface area contributed by atoms with Gasteiger partial charge in [0, 0.05) is 18.4 Å². The highest BCUT2D eigenvalue weighted by atomic mass is 19.4. The van der Waals surface area contributed by atoms with E-state index in [-0.39, 0.29) is 11.4 Å². The summed E-state index contributed by atoms with van der Waals surface area (Å²) in [6.07, 6.45) is -3.88. The number of alkyl halides is 3. The van der Waals surface area contributed by atoms with Crippen LogP contribution in [0.25, 0.3) is 0 Å². The van der Waals surface area contributed by atoms with Gasteiger partial charge >= 0.3 is 12.1 Å². The first-order valence-corrected chi connectivity index (χ1v) is 6.63. The van der Waals surface area contributed by atoms with E-state index in [2.05, 4.69) is 10.4 Å². The molecular weight excluding hydrogens is 313 g/mol. The largest absolute Gasteiger partial charge is 0.471 e. The summed E-state index contributed by atoms with van der Waals surface area (Å²) in [6.45, 7) is 2.02. The molecule has 1 aromatic carbocycles. The molecule has 0 fully saturated rings. The van der Waals surface area contributed by atoms with Crippen LogP contribution in [0.2, 0.25) is 0 Å². The van der Waals surface area contributed by atoms with Gasteiger partial charge in [0.15, 0.2) is 5.69 Å². The number of aromatic nitrogens is 2. The third-order valence-electron chi connectivity index (χ3n) is 2.84. The summed E-state index contributed by atoms with van der Waals surface area (Å²) in [5.74, 6) is -2.89. The Labute approximate surface area is 129 Å². The number of nitrogens with one attached hydrogen (secondary N) is 2. The molecule has 2 rings (SSSR count). The van der Waals surface area contributed by atoms with Gasteiger partial charge in [0.1, 0.15) is 0 Å². The fourth-order valence-corrected chi connectivity index (χ4v) is 1.75. The lowest BCUT2D eigenvalue weighted by Gasteiger charge is -2.08. The van der Waals surface area contributed by atoms with Gasteiger partial charge in [0.25, 0.3) is 5.91 Å². The van der Waals surface area contributed by atoms with Crippen LogP contribution in [0.3, 0.4) is 0 Å². The van der Waals surface area contributed by atoms with Crippen LogP contribution in [-0.2, 0) is 11.3 Å². The van der Waals surface area contributed by atoms with Gasteiger partial charge in [0.05, 0.1) is 5.69 Å². The summed E-state index contributed by atoms with van der Waals surface area (Å²) in [5.41, 5.74) is -0.146. The van der Waals surface area contributed by atoms with Crippen molar-refractivity contribution in [1.29, 1.82) is 0 Å². The zero-order valence-electron chi connectivity index (χ0n) is 12.0. The maximum atomic E-state index is 12.4. The minimum Gasteiger partial charge on any atom is -0.321 e. The summed E-state index contributed by atoms with van der Waals surface area (Å²) < 4.78 is 38.3. The molecule has 2 N–H and O–H groups in total. The SMILES string of the molecule is CCn1cc(NC(=O)C(F)(F)F)c(C(=O)Nc2ccccc2)n1. The minimum absolute atomic E-state index is 0.298. The van der Waals surface area contributed by atoms with Gasteiger partial charge in [-0.15, -0.1) is 0 Å². The van der Waals surface area contributed by atoms with Gasteiger partial charge < -0.3 is 10.6 Å². The number of para-hydroxylation sites is 1. The molecule has 2 amide bonds. The van der Waals surface area contributed by atoms with Crippen LogP contribution in [0.5, 0.6) is 0 Å². The molecule has 0 spiro atoms. The van der Waals surface area contributed by atoms with Crippen LogP contribution >= 0.6 is 0 Å². The van der Waals surface area contributed by atoms with Gasteiger partial charge in [0.2, 0.25) is 0 Å². The topological polar surface area (TPSA) is 76.0 Å². The highest BCUT2D eigenvalue weighted by Gasteiger charge is 2.39. The second kappa shape index (κ2) is 6.51. The van der Waals surface area contributed by atoms with Crippen molar-refractivity contribution >= 4 is 23.2 Å². The summed E-state index contributed by atoms with van der Waals surface area (Å²) in [7, 11) is 0. The van der Waals surface area contributed by atoms with Crippen LogP contribution in [-0.4, -0.2) is 27.8 Å². The third-order valence-corrected chi connectivity index (χ3v) is 2.84. The highest BCUT2D eigenvalue weighted by molar-refractivity contribution is 6.09. The molecule has 0 aliphatic heterocycles. The van der Waals surface area contributed by atoms with Crippen LogP contribution in [0.4, 0.5) is 24.5 Å². The first-order chi connectivity index (χ1) is 10.8. The van der Waals surface area contributed by atoms with E-state index >= 15 is 0 Å². The maximum Gasteiger partial charge on any atom is 0.471 e. The van der Waals surface area contributed by atoms with Crippen molar-refractivity contribution in [3.63, 3.8) is 0 Å². The highest BCUT2D eigenvalue weighted by Crippen LogP contribution is 2.21. The molecule has 9 heteroatoms. The Balaban J connectivity index is 2.25. The molecule has 0 bridgehead atoms. The van der Waals surface area contributed by atoms with E-state index < -0.39 is 18.0 Å². The third kappa shape index (κ3) is 4.09. The summed E-state index contributed by atoms with van der Waals surface area (Å²) in [6, 6.07) is 8.35. The zero-order chi connectivity index (χ0) is 17.0. The first-order valence-electron chi connectivity index (χ1n) is 6.63. The quantitative estimate of drug-likeness (QED) is 0.907. The molecule has 122 valence electrons. The second-order valence-electron chi connectivity index (χ2n) is 4.52. The predicted molar refractivity (Wildman–Crippen MR) is 77.0 cm³/mol. The molecule has 0 unspecified atom stereocenters. The molecule has 2 aromatic rings. The van der Waals surface area contributed by atoms with E-state index in [0.717, 1.165) is 0 Å². The molecule has 0 atom stereocenters. The van der Waals surface area contributed by atoms with Crippen LogP contribution < -0.4 is 10.6 Å². The number of rotatable bonds is 4. The fourth-order valence-electron chi connectivity index (χ4n) is 1.75. The monoisotopic (exact) mass is 326 g/mol. The van der Waals surface area contributed by atoms with Crippen molar-refractivity contribution in [2.75, 3.05) is 10.6 Å². The Kier molecular flexibility index (Phi) is 4.68. The average molecular weight is 326 g/mol. The van der Waals surface area contributed by atoms with Gasteiger partial charge in [-0.1, -0.05) is 18.2 Å². The Morgan fingerprint density at radius 3 is 2.39 bits per heavy atom. The number of anilines is 2. The molecule has 6 nitrogen and oxygen atoms in total. The van der Waals surface area contributed by atoms with Crippen molar-refractivity contribution in [2.45, 2.75) is 19.6 Å². The number of carbonyl (C=O) groups excluding carboxylic acids is 2. The second-order valence-corrected chi connectivity index (χ2v) is 4.52. The lowest BCUT2D eigenvalue weighted by atomic mass is 10.3. The van der Waals surface area contributed by atoms with E-state index in [0.29, 0.717) is 12.2 Å². The smallest absolute Gasteiger partial charge is 0.321 e. The van der Waals surface area contributed by atoms with Gasteiger partial charge in [-0.2, -0.15) is 18.3 Å². The van der Waals surface area contributed by atoms with E-state index in [1.165, 1.54) is 10.9 Å². The van der Waals surface area contributed by atoms with Crippen molar-refractivity contribution in [2.24, 2.45) is 0 Å². The number of hydrogen-bond donors (Lipinski definition) is 2. The lowest BCUT2D eigenvalue weighted by molar-refractivity contribution is -0.167. The minimum atomic E-state index is -5.05. The van der Waals surface area contributed by atoms with E-state index in [9.17, 15) is 22.8 Å². The molecule has 0 saturated heterocycles. The summed E-state index contributed by atoms with van der Waals surface area (Å²) in [5, 5.41) is 8.05. The Bertz CT molecular complexity index is 711. The van der Waals surface area contributed by atoms with Gasteiger partial charge in [-0.05, 0) is 19.1 Å². The molecule has 0 aliphatic carbocycles. The molecule has 0 radical (unpaired) electrons. The number of halogens is 3. The molecule has 23 heavy (non-hydrogen) atoms. The predicted octanol–water partition coefficient (Wildman–Crippen LogP) is 2.66. The first kappa shape index (κ1) is 16.5. The van der Waals surface area contributed by atoms with Gasteiger partial charge in [-0.3, -0.25) is 14.3 Å². The number of hydrogen-bond acceptors (Lipinski definition) is 3. The van der Waals surface area contributed by atoms with E-state index in [1.807, 2.05) is 0 Å². The van der Waals surface area contributed by atoms with Crippen molar-refractivity contribution in [3.05, 3.63) is 42.2 Å². The van der Waals surface area contributed by atoms with E-state index in [1.54, 1.807) is 42.6 Å². The van der Waals surface area contributed by atoms with Gasteiger partial charge in [-0.25, -0.2) is 0 Å². The van der Waals surface area contributed by atoms with Crippen molar-refractivity contribution in [1.82, 2.24) is 9.78 Å². The normalized spacial score (nSPS) is 11.1.